The van der Waals surface area contributed by atoms with Crippen molar-refractivity contribution in [3.63, 3.8) is 0 Å². The monoisotopic (exact) mass is 192 g/mol. The van der Waals surface area contributed by atoms with Crippen molar-refractivity contribution in [3.8, 4) is 0 Å². The lowest BCUT2D eigenvalue weighted by Crippen LogP contribution is -2.45. The van der Waals surface area contributed by atoms with Gasteiger partial charge in [0, 0.05) is 0 Å². The van der Waals surface area contributed by atoms with Crippen molar-refractivity contribution >= 4 is 0 Å². The van der Waals surface area contributed by atoms with Crippen LogP contribution in [0.1, 0.15) is 52.9 Å². The summed E-state index contributed by atoms with van der Waals surface area (Å²) >= 11 is 0. The Kier molecular flexibility index (Phi) is 1.83. The van der Waals surface area contributed by atoms with E-state index in [1.165, 1.54) is 24.7 Å². The fourth-order valence-corrected chi connectivity index (χ4v) is 4.70. The second-order valence-electron chi connectivity index (χ2n) is 6.44. The first kappa shape index (κ1) is 9.24. The zero-order chi connectivity index (χ0) is 9.92. The molecule has 4 aliphatic rings. The van der Waals surface area contributed by atoms with Gasteiger partial charge in [0.25, 0.3) is 0 Å². The zero-order valence-corrected chi connectivity index (χ0v) is 9.92. The molecule has 0 spiro atoms. The van der Waals surface area contributed by atoms with Crippen LogP contribution in [0.2, 0.25) is 0 Å². The Bertz CT molecular complexity index is 230. The minimum Gasteiger partial charge on any atom is -0.0649 e. The van der Waals surface area contributed by atoms with E-state index in [1.54, 1.807) is 19.3 Å². The molecule has 3 atom stereocenters. The van der Waals surface area contributed by atoms with Crippen LogP contribution in [0.3, 0.4) is 0 Å². The standard InChI is InChI=1S/C14H24/c1-4-14(3,5-2)13-10-6-9(7-10)11-8-12(11)13/h9-13H,4-8H2,1-3H3. The van der Waals surface area contributed by atoms with Gasteiger partial charge in [0.05, 0.1) is 0 Å². The first-order chi connectivity index (χ1) is 6.69. The summed E-state index contributed by atoms with van der Waals surface area (Å²) in [5.74, 6) is 5.76. The van der Waals surface area contributed by atoms with Crippen molar-refractivity contribution in [2.75, 3.05) is 0 Å². The molecule has 4 rings (SSSR count). The van der Waals surface area contributed by atoms with Crippen molar-refractivity contribution in [1.29, 1.82) is 0 Å². The first-order valence-corrected chi connectivity index (χ1v) is 6.69. The van der Waals surface area contributed by atoms with Crippen molar-refractivity contribution in [1.82, 2.24) is 0 Å². The van der Waals surface area contributed by atoms with Crippen LogP contribution in [-0.2, 0) is 0 Å². The quantitative estimate of drug-likeness (QED) is 0.631. The molecule has 4 saturated carbocycles. The largest absolute Gasteiger partial charge is 0.0649 e. The molecule has 0 heteroatoms. The number of hydrogen-bond donors (Lipinski definition) is 0. The molecular formula is C14H24. The van der Waals surface area contributed by atoms with E-state index in [0.29, 0.717) is 5.41 Å². The highest BCUT2D eigenvalue weighted by Gasteiger charge is 2.63. The van der Waals surface area contributed by atoms with Gasteiger partial charge in [-0.1, -0.05) is 33.6 Å². The Morgan fingerprint density at radius 2 is 1.57 bits per heavy atom. The van der Waals surface area contributed by atoms with E-state index in [1.807, 2.05) is 0 Å². The predicted octanol–water partition coefficient (Wildman–Crippen LogP) is 4.10. The van der Waals surface area contributed by atoms with Crippen LogP contribution in [0.4, 0.5) is 0 Å². The third-order valence-electron chi connectivity index (χ3n) is 6.10. The second-order valence-corrected chi connectivity index (χ2v) is 6.44. The van der Waals surface area contributed by atoms with E-state index in [4.69, 9.17) is 0 Å². The van der Waals surface area contributed by atoms with Crippen LogP contribution in [0.15, 0.2) is 0 Å². The van der Waals surface area contributed by atoms with Crippen molar-refractivity contribution < 1.29 is 0 Å². The average molecular weight is 192 g/mol. The van der Waals surface area contributed by atoms with Crippen molar-refractivity contribution in [2.24, 2.45) is 35.0 Å². The van der Waals surface area contributed by atoms with E-state index in [9.17, 15) is 0 Å². The highest BCUT2D eigenvalue weighted by atomic mass is 14.7. The molecule has 4 fully saturated rings. The summed E-state index contributed by atoms with van der Waals surface area (Å²) in [6, 6.07) is 0. The van der Waals surface area contributed by atoms with Crippen LogP contribution < -0.4 is 0 Å². The van der Waals surface area contributed by atoms with Gasteiger partial charge in [0.15, 0.2) is 0 Å². The summed E-state index contributed by atoms with van der Waals surface area (Å²) in [4.78, 5) is 0. The average Bonchev–Trinajstić information content (AvgIpc) is 2.92. The SMILES string of the molecule is CCC(C)(CC)C1C2CC(C2)C2CC21. The molecule has 0 saturated heterocycles. The fraction of sp³-hybridized carbons (Fsp3) is 1.00. The lowest BCUT2D eigenvalue weighted by atomic mass is 9.52. The van der Waals surface area contributed by atoms with E-state index < -0.39 is 0 Å². The fourth-order valence-electron chi connectivity index (χ4n) is 4.70. The van der Waals surface area contributed by atoms with E-state index in [0.717, 1.165) is 17.8 Å². The van der Waals surface area contributed by atoms with Crippen LogP contribution in [0, 0.1) is 35.0 Å². The Balaban J connectivity index is 1.83. The molecule has 0 N–H and O–H groups in total. The molecule has 0 aromatic carbocycles. The normalized spacial score (nSPS) is 49.5. The molecule has 14 heavy (non-hydrogen) atoms. The highest BCUT2D eigenvalue weighted by Crippen LogP contribution is 2.70. The summed E-state index contributed by atoms with van der Waals surface area (Å²) in [5.41, 5.74) is 0.676. The molecule has 0 heterocycles. The van der Waals surface area contributed by atoms with Gasteiger partial charge in [-0.25, -0.2) is 0 Å². The number of rotatable bonds is 3. The third kappa shape index (κ3) is 1.01. The van der Waals surface area contributed by atoms with Crippen LogP contribution in [-0.4, -0.2) is 0 Å². The smallest absolute Gasteiger partial charge is 0.0297 e. The first-order valence-electron chi connectivity index (χ1n) is 6.69. The molecule has 3 unspecified atom stereocenters. The van der Waals surface area contributed by atoms with Crippen molar-refractivity contribution in [2.45, 2.75) is 52.9 Å². The highest BCUT2D eigenvalue weighted by molar-refractivity contribution is 5.11. The maximum absolute atomic E-state index is 2.56. The Morgan fingerprint density at radius 3 is 2.14 bits per heavy atom. The predicted molar refractivity (Wildman–Crippen MR) is 60.0 cm³/mol. The topological polar surface area (TPSA) is 0 Å². The van der Waals surface area contributed by atoms with E-state index >= 15 is 0 Å². The molecule has 4 aliphatic carbocycles. The Labute approximate surface area is 88.5 Å². The lowest BCUT2D eigenvalue weighted by Gasteiger charge is -2.53. The maximum Gasteiger partial charge on any atom is -0.0297 e. The van der Waals surface area contributed by atoms with Gasteiger partial charge in [-0.3, -0.25) is 0 Å². The molecule has 0 nitrogen and oxygen atoms in total. The molecule has 0 amide bonds. The summed E-state index contributed by atoms with van der Waals surface area (Å²) in [5, 5.41) is 0. The molecular weight excluding hydrogens is 168 g/mol. The molecule has 0 aromatic heterocycles. The van der Waals surface area contributed by atoms with Gasteiger partial charge in [-0.15, -0.1) is 0 Å². The minimum atomic E-state index is 0.676. The number of hydrogen-bond acceptors (Lipinski definition) is 0. The molecule has 0 aromatic rings. The van der Waals surface area contributed by atoms with E-state index in [2.05, 4.69) is 20.8 Å². The Morgan fingerprint density at radius 1 is 0.929 bits per heavy atom. The minimum absolute atomic E-state index is 0.676. The second kappa shape index (κ2) is 2.77. The Hall–Kier alpha value is 0. The van der Waals surface area contributed by atoms with Crippen LogP contribution >= 0.6 is 0 Å². The maximum atomic E-state index is 2.56. The molecule has 0 radical (unpaired) electrons. The van der Waals surface area contributed by atoms with Gasteiger partial charge in [0.1, 0.15) is 0 Å². The van der Waals surface area contributed by atoms with Crippen LogP contribution in [0.5, 0.6) is 0 Å². The van der Waals surface area contributed by atoms with Gasteiger partial charge in [-0.05, 0) is 54.3 Å². The van der Waals surface area contributed by atoms with Crippen molar-refractivity contribution in [3.05, 3.63) is 0 Å². The molecule has 2 bridgehead atoms. The zero-order valence-electron chi connectivity index (χ0n) is 9.92. The summed E-state index contributed by atoms with van der Waals surface area (Å²) in [6.07, 6.45) is 7.60. The van der Waals surface area contributed by atoms with Gasteiger partial charge in [-0.2, -0.15) is 0 Å². The van der Waals surface area contributed by atoms with Gasteiger partial charge >= 0.3 is 0 Å². The summed E-state index contributed by atoms with van der Waals surface area (Å²) < 4.78 is 0. The summed E-state index contributed by atoms with van der Waals surface area (Å²) in [6.45, 7) is 7.38. The van der Waals surface area contributed by atoms with Gasteiger partial charge < -0.3 is 0 Å². The summed E-state index contributed by atoms with van der Waals surface area (Å²) in [7, 11) is 0. The lowest BCUT2D eigenvalue weighted by molar-refractivity contribution is -0.0383. The molecule has 80 valence electrons. The van der Waals surface area contributed by atoms with E-state index in [-0.39, 0.29) is 0 Å². The van der Waals surface area contributed by atoms with Crippen LogP contribution in [0.25, 0.3) is 0 Å². The third-order valence-corrected chi connectivity index (χ3v) is 6.10. The van der Waals surface area contributed by atoms with Gasteiger partial charge in [0.2, 0.25) is 0 Å². The molecule has 0 aliphatic heterocycles.